The van der Waals surface area contributed by atoms with Crippen LogP contribution in [0.15, 0.2) is 18.2 Å². The van der Waals surface area contributed by atoms with Crippen LogP contribution in [0.4, 0.5) is 0 Å². The topological polar surface area (TPSA) is 12.0 Å². The Labute approximate surface area is 107 Å². The van der Waals surface area contributed by atoms with Crippen molar-refractivity contribution in [3.63, 3.8) is 0 Å². The van der Waals surface area contributed by atoms with Gasteiger partial charge in [0.25, 0.3) is 0 Å². The van der Waals surface area contributed by atoms with Gasteiger partial charge < -0.3 is 5.32 Å². The van der Waals surface area contributed by atoms with Crippen LogP contribution >= 0.6 is 23.4 Å². The molecule has 2 rings (SSSR count). The largest absolute Gasteiger partial charge is 0.312 e. The molecule has 16 heavy (non-hydrogen) atoms. The van der Waals surface area contributed by atoms with Crippen molar-refractivity contribution >= 4 is 23.4 Å². The molecule has 1 aromatic rings. The van der Waals surface area contributed by atoms with E-state index in [2.05, 4.69) is 35.3 Å². The highest BCUT2D eigenvalue weighted by Gasteiger charge is 2.14. The summed E-state index contributed by atoms with van der Waals surface area (Å²) in [5, 5.41) is 4.39. The van der Waals surface area contributed by atoms with Crippen molar-refractivity contribution < 1.29 is 0 Å². The Bertz CT molecular complexity index is 348. The molecule has 1 N–H and O–H groups in total. The third-order valence-electron chi connectivity index (χ3n) is 3.02. The monoisotopic (exact) mass is 255 g/mol. The maximum atomic E-state index is 6.09. The SMILES string of the molecule is Cc1ccc(CNCC2CCSC2)cc1Cl. The lowest BCUT2D eigenvalue weighted by Crippen LogP contribution is -2.22. The number of halogens is 1. The summed E-state index contributed by atoms with van der Waals surface area (Å²) < 4.78 is 0. The van der Waals surface area contributed by atoms with Gasteiger partial charge in [0.15, 0.2) is 0 Å². The van der Waals surface area contributed by atoms with Crippen LogP contribution in [0.2, 0.25) is 5.02 Å². The van der Waals surface area contributed by atoms with E-state index in [1.165, 1.54) is 23.5 Å². The standard InChI is InChI=1S/C13H18ClNS/c1-10-2-3-11(6-13(10)14)7-15-8-12-4-5-16-9-12/h2-3,6,12,15H,4-5,7-9H2,1H3. The summed E-state index contributed by atoms with van der Waals surface area (Å²) in [6, 6.07) is 6.30. The Morgan fingerprint density at radius 1 is 1.50 bits per heavy atom. The number of aryl methyl sites for hydroxylation is 1. The average molecular weight is 256 g/mol. The van der Waals surface area contributed by atoms with Crippen LogP contribution in [0.1, 0.15) is 17.5 Å². The van der Waals surface area contributed by atoms with E-state index in [4.69, 9.17) is 11.6 Å². The van der Waals surface area contributed by atoms with E-state index in [0.717, 1.165) is 29.6 Å². The second-order valence-corrected chi connectivity index (χ2v) is 6.00. The zero-order valence-corrected chi connectivity index (χ0v) is 11.2. The van der Waals surface area contributed by atoms with E-state index in [-0.39, 0.29) is 0 Å². The van der Waals surface area contributed by atoms with Crippen LogP contribution in [0, 0.1) is 12.8 Å². The summed E-state index contributed by atoms with van der Waals surface area (Å²) >= 11 is 8.16. The van der Waals surface area contributed by atoms with E-state index in [9.17, 15) is 0 Å². The number of thioether (sulfide) groups is 1. The lowest BCUT2D eigenvalue weighted by molar-refractivity contribution is 0.523. The van der Waals surface area contributed by atoms with Crippen LogP contribution < -0.4 is 5.32 Å². The first-order valence-electron chi connectivity index (χ1n) is 5.79. The van der Waals surface area contributed by atoms with Gasteiger partial charge in [-0.15, -0.1) is 0 Å². The minimum absolute atomic E-state index is 0.867. The molecule has 1 unspecified atom stereocenters. The minimum Gasteiger partial charge on any atom is -0.312 e. The van der Waals surface area contributed by atoms with Gasteiger partial charge in [-0.1, -0.05) is 23.7 Å². The van der Waals surface area contributed by atoms with Crippen molar-refractivity contribution in [1.82, 2.24) is 5.32 Å². The van der Waals surface area contributed by atoms with Gasteiger partial charge in [0.2, 0.25) is 0 Å². The summed E-state index contributed by atoms with van der Waals surface area (Å²) in [7, 11) is 0. The highest BCUT2D eigenvalue weighted by atomic mass is 35.5. The molecule has 1 atom stereocenters. The van der Waals surface area contributed by atoms with Gasteiger partial charge in [0.1, 0.15) is 0 Å². The highest BCUT2D eigenvalue weighted by Crippen LogP contribution is 2.22. The van der Waals surface area contributed by atoms with Crippen LogP contribution in [-0.2, 0) is 6.54 Å². The summed E-state index contributed by atoms with van der Waals surface area (Å²) in [6.07, 6.45) is 1.37. The van der Waals surface area contributed by atoms with E-state index >= 15 is 0 Å². The molecule has 1 heterocycles. The summed E-state index contributed by atoms with van der Waals surface area (Å²) in [4.78, 5) is 0. The molecule has 0 bridgehead atoms. The van der Waals surface area contributed by atoms with Crippen molar-refractivity contribution in [2.75, 3.05) is 18.1 Å². The van der Waals surface area contributed by atoms with Gasteiger partial charge in [-0.2, -0.15) is 11.8 Å². The quantitative estimate of drug-likeness (QED) is 0.884. The Morgan fingerprint density at radius 3 is 3.06 bits per heavy atom. The van der Waals surface area contributed by atoms with E-state index in [1.807, 2.05) is 6.92 Å². The van der Waals surface area contributed by atoms with Gasteiger partial charge in [0, 0.05) is 11.6 Å². The van der Waals surface area contributed by atoms with Crippen molar-refractivity contribution in [2.45, 2.75) is 19.9 Å². The maximum Gasteiger partial charge on any atom is 0.0438 e. The van der Waals surface area contributed by atoms with Gasteiger partial charge in [-0.05, 0) is 54.5 Å². The summed E-state index contributed by atoms with van der Waals surface area (Å²) in [5.41, 5.74) is 2.43. The number of nitrogens with one attached hydrogen (secondary N) is 1. The third-order valence-corrected chi connectivity index (χ3v) is 4.66. The van der Waals surface area contributed by atoms with Crippen molar-refractivity contribution in [1.29, 1.82) is 0 Å². The molecule has 0 amide bonds. The van der Waals surface area contributed by atoms with Crippen LogP contribution in [0.25, 0.3) is 0 Å². The Balaban J connectivity index is 1.78. The molecule has 1 saturated heterocycles. The predicted octanol–water partition coefficient (Wildman–Crippen LogP) is 3.49. The lowest BCUT2D eigenvalue weighted by atomic mass is 10.1. The van der Waals surface area contributed by atoms with E-state index < -0.39 is 0 Å². The molecule has 0 aromatic heterocycles. The molecule has 0 saturated carbocycles. The van der Waals surface area contributed by atoms with Crippen LogP contribution in [0.3, 0.4) is 0 Å². The van der Waals surface area contributed by atoms with Crippen molar-refractivity contribution in [3.05, 3.63) is 34.3 Å². The summed E-state index contributed by atoms with van der Waals surface area (Å²) in [5.74, 6) is 3.52. The Hall–Kier alpha value is -0.180. The van der Waals surface area contributed by atoms with Gasteiger partial charge >= 0.3 is 0 Å². The maximum absolute atomic E-state index is 6.09. The second kappa shape index (κ2) is 5.95. The Kier molecular flexibility index (Phi) is 4.56. The molecule has 1 aliphatic heterocycles. The number of hydrogen-bond acceptors (Lipinski definition) is 2. The molecule has 1 aromatic carbocycles. The van der Waals surface area contributed by atoms with Gasteiger partial charge in [-0.25, -0.2) is 0 Å². The first-order valence-corrected chi connectivity index (χ1v) is 7.32. The first kappa shape index (κ1) is 12.3. The second-order valence-electron chi connectivity index (χ2n) is 4.44. The predicted molar refractivity (Wildman–Crippen MR) is 73.3 cm³/mol. The van der Waals surface area contributed by atoms with Gasteiger partial charge in [-0.3, -0.25) is 0 Å². The molecule has 0 spiro atoms. The van der Waals surface area contributed by atoms with Gasteiger partial charge in [0.05, 0.1) is 0 Å². The molecule has 88 valence electrons. The van der Waals surface area contributed by atoms with E-state index in [1.54, 1.807) is 0 Å². The smallest absolute Gasteiger partial charge is 0.0438 e. The molecule has 0 radical (unpaired) electrons. The fraction of sp³-hybridized carbons (Fsp3) is 0.538. The molecular weight excluding hydrogens is 238 g/mol. The minimum atomic E-state index is 0.867. The third kappa shape index (κ3) is 3.41. The fourth-order valence-corrected chi connectivity index (χ4v) is 3.40. The molecular formula is C13H18ClNS. The normalized spacial score (nSPS) is 20.2. The average Bonchev–Trinajstić information content (AvgIpc) is 2.76. The molecule has 1 aliphatic rings. The van der Waals surface area contributed by atoms with Crippen molar-refractivity contribution in [2.24, 2.45) is 5.92 Å². The molecule has 0 aliphatic carbocycles. The number of benzene rings is 1. The fourth-order valence-electron chi connectivity index (χ4n) is 1.91. The number of rotatable bonds is 4. The van der Waals surface area contributed by atoms with E-state index in [0.29, 0.717) is 0 Å². The van der Waals surface area contributed by atoms with Crippen LogP contribution in [0.5, 0.6) is 0 Å². The highest BCUT2D eigenvalue weighted by molar-refractivity contribution is 7.99. The summed E-state index contributed by atoms with van der Waals surface area (Å²) in [6.45, 7) is 4.11. The Morgan fingerprint density at radius 2 is 2.38 bits per heavy atom. The zero-order chi connectivity index (χ0) is 11.4. The van der Waals surface area contributed by atoms with Crippen molar-refractivity contribution in [3.8, 4) is 0 Å². The molecule has 3 heteroatoms. The molecule has 1 nitrogen and oxygen atoms in total. The van der Waals surface area contributed by atoms with Crippen LogP contribution in [-0.4, -0.2) is 18.1 Å². The molecule has 1 fully saturated rings. The number of hydrogen-bond donors (Lipinski definition) is 1. The first-order chi connectivity index (χ1) is 7.75. The lowest BCUT2D eigenvalue weighted by Gasteiger charge is -2.10. The zero-order valence-electron chi connectivity index (χ0n) is 9.63.